The fraction of sp³-hybridized carbons (Fsp3) is 0.364. The molecule has 96 valence electrons. The summed E-state index contributed by atoms with van der Waals surface area (Å²) in [6.45, 7) is 1.67. The summed E-state index contributed by atoms with van der Waals surface area (Å²) in [6.07, 6.45) is -2.68. The molecule has 0 saturated carbocycles. The van der Waals surface area contributed by atoms with E-state index >= 15 is 0 Å². The van der Waals surface area contributed by atoms with Crippen LogP contribution in [0.3, 0.4) is 0 Å². The Morgan fingerprint density at radius 2 is 2.33 bits per heavy atom. The van der Waals surface area contributed by atoms with E-state index in [0.717, 1.165) is 6.20 Å². The molecular formula is C11H10F2N2O3. The van der Waals surface area contributed by atoms with E-state index in [-0.39, 0.29) is 12.2 Å². The van der Waals surface area contributed by atoms with Crippen molar-refractivity contribution >= 4 is 5.97 Å². The third-order valence-electron chi connectivity index (χ3n) is 2.16. The fourth-order valence-corrected chi connectivity index (χ4v) is 1.42. The van der Waals surface area contributed by atoms with Gasteiger partial charge in [-0.3, -0.25) is 4.79 Å². The Labute approximate surface area is 102 Å². The number of nitrogens with zero attached hydrogens (tertiary/aromatic N) is 2. The van der Waals surface area contributed by atoms with E-state index in [2.05, 4.69) is 9.72 Å². The summed E-state index contributed by atoms with van der Waals surface area (Å²) in [7, 11) is 0. The molecule has 0 amide bonds. The Bertz CT molecular complexity index is 498. The molecule has 0 saturated heterocycles. The van der Waals surface area contributed by atoms with Crippen LogP contribution in [0.25, 0.3) is 0 Å². The molecule has 0 fully saturated rings. The lowest BCUT2D eigenvalue weighted by Crippen LogP contribution is -2.11. The van der Waals surface area contributed by atoms with Gasteiger partial charge in [-0.05, 0) is 6.92 Å². The van der Waals surface area contributed by atoms with Crippen LogP contribution in [0.1, 0.15) is 30.2 Å². The highest BCUT2D eigenvalue weighted by Gasteiger charge is 2.24. The lowest BCUT2D eigenvalue weighted by molar-refractivity contribution is -0.142. The smallest absolute Gasteiger partial charge is 0.310 e. The van der Waals surface area contributed by atoms with Crippen molar-refractivity contribution in [2.75, 3.05) is 6.61 Å². The Hall–Kier alpha value is -2.23. The van der Waals surface area contributed by atoms with Crippen molar-refractivity contribution in [2.45, 2.75) is 19.8 Å². The van der Waals surface area contributed by atoms with Gasteiger partial charge in [0, 0.05) is 5.56 Å². The van der Waals surface area contributed by atoms with E-state index in [1.807, 2.05) is 0 Å². The lowest BCUT2D eigenvalue weighted by atomic mass is 10.0. The van der Waals surface area contributed by atoms with Gasteiger partial charge in [0.05, 0.1) is 24.8 Å². The molecule has 0 spiro atoms. The number of aromatic nitrogens is 1. The van der Waals surface area contributed by atoms with Crippen LogP contribution in [0.15, 0.2) is 6.20 Å². The van der Waals surface area contributed by atoms with Gasteiger partial charge in [-0.2, -0.15) is 5.26 Å². The monoisotopic (exact) mass is 256 g/mol. The normalized spacial score (nSPS) is 10.2. The number of esters is 1. The van der Waals surface area contributed by atoms with E-state index in [9.17, 15) is 18.7 Å². The summed E-state index contributed by atoms with van der Waals surface area (Å²) >= 11 is 0. The Morgan fingerprint density at radius 3 is 2.83 bits per heavy atom. The highest BCUT2D eigenvalue weighted by Crippen LogP contribution is 2.31. The van der Waals surface area contributed by atoms with Gasteiger partial charge >= 0.3 is 5.97 Å². The number of hydrogen-bond donors (Lipinski definition) is 1. The molecule has 0 radical (unpaired) electrons. The zero-order valence-corrected chi connectivity index (χ0v) is 9.48. The zero-order valence-electron chi connectivity index (χ0n) is 9.48. The maximum atomic E-state index is 12.8. The first-order valence-electron chi connectivity index (χ1n) is 5.05. The maximum Gasteiger partial charge on any atom is 0.310 e. The van der Waals surface area contributed by atoms with Gasteiger partial charge in [0.25, 0.3) is 6.43 Å². The molecule has 0 aliphatic rings. The Balaban J connectivity index is 3.24. The van der Waals surface area contributed by atoms with Crippen LogP contribution in [-0.4, -0.2) is 22.7 Å². The van der Waals surface area contributed by atoms with Crippen LogP contribution in [0.4, 0.5) is 8.78 Å². The van der Waals surface area contributed by atoms with Crippen LogP contribution in [0.5, 0.6) is 5.75 Å². The standard InChI is InChI=1S/C11H10F2N2O3/c1-2-18-9(17)3-6-8(16)5-15-7(4-14)10(6)11(12)13/h5,11,16H,2-3H2,1H3. The second kappa shape index (κ2) is 5.91. The third-order valence-corrected chi connectivity index (χ3v) is 2.16. The molecule has 1 rings (SSSR count). The minimum atomic E-state index is -3.01. The summed E-state index contributed by atoms with van der Waals surface area (Å²) in [5.41, 5.74) is -1.57. The molecule has 5 nitrogen and oxygen atoms in total. The molecule has 1 aromatic rings. The van der Waals surface area contributed by atoms with E-state index in [0.29, 0.717) is 0 Å². The summed E-state index contributed by atoms with van der Waals surface area (Å²) in [5, 5.41) is 18.1. The van der Waals surface area contributed by atoms with E-state index < -0.39 is 35.8 Å². The van der Waals surface area contributed by atoms with Crippen molar-refractivity contribution in [2.24, 2.45) is 0 Å². The molecule has 0 atom stereocenters. The average molecular weight is 256 g/mol. The molecule has 0 aromatic carbocycles. The average Bonchev–Trinajstić information content (AvgIpc) is 2.31. The molecule has 1 N–H and O–H groups in total. The minimum absolute atomic E-state index is 0.0970. The van der Waals surface area contributed by atoms with Crippen molar-refractivity contribution in [3.05, 3.63) is 23.0 Å². The van der Waals surface area contributed by atoms with Gasteiger partial charge in [0.2, 0.25) is 0 Å². The van der Waals surface area contributed by atoms with E-state index in [1.54, 1.807) is 6.92 Å². The Morgan fingerprint density at radius 1 is 1.67 bits per heavy atom. The first-order valence-corrected chi connectivity index (χ1v) is 5.05. The molecule has 1 heterocycles. The lowest BCUT2D eigenvalue weighted by Gasteiger charge is -2.11. The molecule has 0 aliphatic heterocycles. The fourth-order valence-electron chi connectivity index (χ4n) is 1.42. The zero-order chi connectivity index (χ0) is 13.7. The minimum Gasteiger partial charge on any atom is -0.506 e. The summed E-state index contributed by atoms with van der Waals surface area (Å²) < 4.78 is 30.3. The molecule has 0 unspecified atom stereocenters. The van der Waals surface area contributed by atoms with Crippen LogP contribution in [-0.2, 0) is 16.0 Å². The number of carbonyl (C=O) groups excluding carboxylic acids is 1. The number of pyridine rings is 1. The molecule has 1 aromatic heterocycles. The topological polar surface area (TPSA) is 83.2 Å². The van der Waals surface area contributed by atoms with Gasteiger partial charge in [-0.1, -0.05) is 0 Å². The van der Waals surface area contributed by atoms with Crippen molar-refractivity contribution < 1.29 is 23.4 Å². The predicted molar refractivity (Wildman–Crippen MR) is 55.9 cm³/mol. The van der Waals surface area contributed by atoms with Crippen LogP contribution < -0.4 is 0 Å². The summed E-state index contributed by atoms with van der Waals surface area (Å²) in [6, 6.07) is 1.50. The highest BCUT2D eigenvalue weighted by molar-refractivity contribution is 5.74. The van der Waals surface area contributed by atoms with Gasteiger partial charge in [0.15, 0.2) is 0 Å². The number of halogens is 2. The maximum absolute atomic E-state index is 12.8. The number of hydrogen-bond acceptors (Lipinski definition) is 5. The van der Waals surface area contributed by atoms with Gasteiger partial charge in [0.1, 0.15) is 17.5 Å². The van der Waals surface area contributed by atoms with Crippen molar-refractivity contribution in [1.29, 1.82) is 5.26 Å². The SMILES string of the molecule is CCOC(=O)Cc1c(O)cnc(C#N)c1C(F)F. The number of nitriles is 1. The largest absolute Gasteiger partial charge is 0.506 e. The predicted octanol–water partition coefficient (Wildman–Crippen LogP) is 1.70. The Kier molecular flexibility index (Phi) is 4.54. The second-order valence-electron chi connectivity index (χ2n) is 3.28. The number of alkyl halides is 2. The van der Waals surface area contributed by atoms with Crippen molar-refractivity contribution in [1.82, 2.24) is 4.98 Å². The molecule has 7 heteroatoms. The first kappa shape index (κ1) is 13.8. The molecule has 0 aliphatic carbocycles. The number of ether oxygens (including phenoxy) is 1. The van der Waals surface area contributed by atoms with Gasteiger partial charge in [-0.15, -0.1) is 0 Å². The third kappa shape index (κ3) is 2.91. The van der Waals surface area contributed by atoms with E-state index in [1.165, 1.54) is 6.07 Å². The quantitative estimate of drug-likeness (QED) is 0.829. The van der Waals surface area contributed by atoms with Crippen LogP contribution in [0, 0.1) is 11.3 Å². The second-order valence-corrected chi connectivity index (χ2v) is 3.28. The number of carbonyl (C=O) groups is 1. The van der Waals surface area contributed by atoms with Crippen LogP contribution >= 0.6 is 0 Å². The number of rotatable bonds is 4. The van der Waals surface area contributed by atoms with Crippen molar-refractivity contribution in [3.8, 4) is 11.8 Å². The van der Waals surface area contributed by atoms with Crippen LogP contribution in [0.2, 0.25) is 0 Å². The molecule has 18 heavy (non-hydrogen) atoms. The number of aromatic hydroxyl groups is 1. The van der Waals surface area contributed by atoms with Gasteiger partial charge < -0.3 is 9.84 Å². The first-order chi connectivity index (χ1) is 8.51. The molecule has 0 bridgehead atoms. The summed E-state index contributed by atoms with van der Waals surface area (Å²) in [5.74, 6) is -1.32. The molecular weight excluding hydrogens is 246 g/mol. The van der Waals surface area contributed by atoms with E-state index in [4.69, 9.17) is 5.26 Å². The van der Waals surface area contributed by atoms with Gasteiger partial charge in [-0.25, -0.2) is 13.8 Å². The van der Waals surface area contributed by atoms with Crippen molar-refractivity contribution in [3.63, 3.8) is 0 Å². The highest BCUT2D eigenvalue weighted by atomic mass is 19.3. The summed E-state index contributed by atoms with van der Waals surface area (Å²) in [4.78, 5) is 14.6.